The summed E-state index contributed by atoms with van der Waals surface area (Å²) in [5, 5.41) is 3.31. The van der Waals surface area contributed by atoms with Crippen molar-refractivity contribution in [2.75, 3.05) is 30.7 Å². The summed E-state index contributed by atoms with van der Waals surface area (Å²) in [6.45, 7) is 8.14. The Labute approximate surface area is 148 Å². The molecule has 2 aromatic heterocycles. The van der Waals surface area contributed by atoms with E-state index in [4.69, 9.17) is 10.7 Å². The van der Waals surface area contributed by atoms with Gasteiger partial charge in [-0.15, -0.1) is 0 Å². The van der Waals surface area contributed by atoms with Gasteiger partial charge < -0.3 is 16.0 Å². The molecule has 0 spiro atoms. The van der Waals surface area contributed by atoms with Crippen LogP contribution in [0.25, 0.3) is 0 Å². The molecule has 6 nitrogen and oxygen atoms in total. The number of nitrogens with two attached hydrogens (primary N) is 1. The Bertz CT molecular complexity index is 749. The van der Waals surface area contributed by atoms with Crippen molar-refractivity contribution >= 4 is 11.5 Å². The van der Waals surface area contributed by atoms with Crippen LogP contribution in [0.15, 0.2) is 18.3 Å². The summed E-state index contributed by atoms with van der Waals surface area (Å²) >= 11 is 0. The highest BCUT2D eigenvalue weighted by atomic mass is 15.1. The smallest absolute Gasteiger partial charge is 0.153 e. The second-order valence-electron chi connectivity index (χ2n) is 7.31. The molecule has 3 saturated heterocycles. The van der Waals surface area contributed by atoms with Gasteiger partial charge in [0, 0.05) is 30.9 Å². The van der Waals surface area contributed by atoms with Crippen molar-refractivity contribution in [1.82, 2.24) is 19.9 Å². The minimum Gasteiger partial charge on any atom is -0.394 e. The third-order valence-corrected chi connectivity index (χ3v) is 5.59. The number of nitrogen functional groups attached to an aromatic ring is 1. The van der Waals surface area contributed by atoms with Crippen LogP contribution in [0.4, 0.5) is 11.5 Å². The number of hydrogen-bond donors (Lipinski definition) is 2. The summed E-state index contributed by atoms with van der Waals surface area (Å²) < 4.78 is 0. The third kappa shape index (κ3) is 3.31. The minimum absolute atomic E-state index is 0.604. The van der Waals surface area contributed by atoms with Crippen molar-refractivity contribution in [3.63, 3.8) is 0 Å². The van der Waals surface area contributed by atoms with E-state index in [-0.39, 0.29) is 0 Å². The average molecular weight is 338 g/mol. The number of fused-ring (bicyclic) bond motifs is 3. The summed E-state index contributed by atoms with van der Waals surface area (Å²) in [6, 6.07) is 4.37. The lowest BCUT2D eigenvalue weighted by molar-refractivity contribution is 0.0854. The number of nitrogens with one attached hydrogen (secondary N) is 1. The Balaban J connectivity index is 1.43. The van der Waals surface area contributed by atoms with Gasteiger partial charge in [0.1, 0.15) is 5.82 Å². The van der Waals surface area contributed by atoms with Crippen molar-refractivity contribution < 1.29 is 0 Å². The number of pyridine rings is 1. The van der Waals surface area contributed by atoms with Gasteiger partial charge in [-0.05, 0) is 57.3 Å². The van der Waals surface area contributed by atoms with Crippen molar-refractivity contribution in [2.45, 2.75) is 39.2 Å². The van der Waals surface area contributed by atoms with Gasteiger partial charge in [-0.25, -0.2) is 9.97 Å². The molecule has 0 aromatic carbocycles. The van der Waals surface area contributed by atoms with E-state index < -0.39 is 0 Å². The van der Waals surface area contributed by atoms with Gasteiger partial charge in [0.25, 0.3) is 0 Å². The van der Waals surface area contributed by atoms with E-state index in [0.29, 0.717) is 24.0 Å². The molecule has 5 heterocycles. The summed E-state index contributed by atoms with van der Waals surface area (Å²) in [6.07, 6.45) is 4.62. The highest BCUT2D eigenvalue weighted by Crippen LogP contribution is 2.38. The molecule has 132 valence electrons. The number of nitrogens with zero attached hydrogens (tertiary/aromatic N) is 4. The molecule has 3 aliphatic rings. The van der Waals surface area contributed by atoms with Crippen LogP contribution in [0.3, 0.4) is 0 Å². The van der Waals surface area contributed by atoms with Crippen LogP contribution in [0.1, 0.15) is 41.5 Å². The predicted octanol–water partition coefficient (Wildman–Crippen LogP) is 2.49. The maximum Gasteiger partial charge on any atom is 0.153 e. The van der Waals surface area contributed by atoms with E-state index in [0.717, 1.165) is 23.0 Å². The van der Waals surface area contributed by atoms with Crippen LogP contribution in [0, 0.1) is 19.8 Å². The van der Waals surface area contributed by atoms with Gasteiger partial charge in [0.05, 0.1) is 11.4 Å². The van der Waals surface area contributed by atoms with E-state index in [2.05, 4.69) is 32.3 Å². The van der Waals surface area contributed by atoms with E-state index >= 15 is 0 Å². The zero-order valence-electron chi connectivity index (χ0n) is 15.0. The standard InChI is InChI=1S/C19H26N6/c1-12-18(20)19(24-13(2)23-12)22-10-14-3-4-17(21-9-14)16-11-25-7-5-15(16)6-8-25/h3-4,9,15-16H,5-8,10-11,20H2,1-2H3,(H,22,23,24). The zero-order chi connectivity index (χ0) is 17.4. The molecule has 2 aromatic rings. The topological polar surface area (TPSA) is 80.0 Å². The molecule has 3 fully saturated rings. The Hall–Kier alpha value is -2.21. The first kappa shape index (κ1) is 16.3. The van der Waals surface area contributed by atoms with Gasteiger partial charge in [-0.3, -0.25) is 4.98 Å². The Morgan fingerprint density at radius 1 is 1.20 bits per heavy atom. The lowest BCUT2D eigenvalue weighted by Gasteiger charge is -2.44. The van der Waals surface area contributed by atoms with Crippen LogP contribution in [0.2, 0.25) is 0 Å². The molecule has 0 amide bonds. The molecule has 0 saturated carbocycles. The minimum atomic E-state index is 0.604. The number of anilines is 2. The van der Waals surface area contributed by atoms with E-state index in [1.807, 2.05) is 20.0 Å². The average Bonchev–Trinajstić information content (AvgIpc) is 2.65. The zero-order valence-corrected chi connectivity index (χ0v) is 15.0. The Morgan fingerprint density at radius 2 is 2.00 bits per heavy atom. The second kappa shape index (κ2) is 6.59. The first-order chi connectivity index (χ1) is 12.1. The van der Waals surface area contributed by atoms with Crippen LogP contribution in [0.5, 0.6) is 0 Å². The number of rotatable bonds is 4. The number of piperidine rings is 3. The maximum absolute atomic E-state index is 6.06. The van der Waals surface area contributed by atoms with E-state index in [1.54, 1.807) is 0 Å². The lowest BCUT2D eigenvalue weighted by Crippen LogP contribution is -2.46. The molecule has 1 unspecified atom stereocenters. The fraction of sp³-hybridized carbons (Fsp3) is 0.526. The van der Waals surface area contributed by atoms with Crippen LogP contribution in [-0.4, -0.2) is 39.5 Å². The van der Waals surface area contributed by atoms with Crippen LogP contribution in [-0.2, 0) is 6.54 Å². The van der Waals surface area contributed by atoms with Crippen molar-refractivity contribution in [3.05, 3.63) is 41.1 Å². The summed E-state index contributed by atoms with van der Waals surface area (Å²) in [4.78, 5) is 16.0. The van der Waals surface area contributed by atoms with Gasteiger partial charge in [-0.2, -0.15) is 0 Å². The summed E-state index contributed by atoms with van der Waals surface area (Å²) in [5.41, 5.74) is 9.87. The highest BCUT2D eigenvalue weighted by Gasteiger charge is 2.35. The fourth-order valence-electron chi connectivity index (χ4n) is 4.10. The number of aromatic nitrogens is 3. The van der Waals surface area contributed by atoms with Crippen molar-refractivity contribution in [1.29, 1.82) is 0 Å². The van der Waals surface area contributed by atoms with Crippen molar-refractivity contribution in [3.8, 4) is 0 Å². The van der Waals surface area contributed by atoms with E-state index in [9.17, 15) is 0 Å². The number of aryl methyl sites for hydroxylation is 2. The summed E-state index contributed by atoms with van der Waals surface area (Å²) in [5.74, 6) is 2.84. The molecule has 0 aliphatic carbocycles. The second-order valence-corrected chi connectivity index (χ2v) is 7.31. The molecule has 6 heteroatoms. The van der Waals surface area contributed by atoms with Gasteiger partial charge in [-0.1, -0.05) is 6.07 Å². The van der Waals surface area contributed by atoms with Crippen LogP contribution >= 0.6 is 0 Å². The van der Waals surface area contributed by atoms with Gasteiger partial charge in [0.15, 0.2) is 5.82 Å². The maximum atomic E-state index is 6.06. The van der Waals surface area contributed by atoms with Crippen molar-refractivity contribution in [2.24, 2.45) is 5.92 Å². The quantitative estimate of drug-likeness (QED) is 0.891. The SMILES string of the molecule is Cc1nc(C)c(N)c(NCc2ccc(C3CN4CCC3CC4)nc2)n1. The first-order valence-electron chi connectivity index (χ1n) is 9.12. The molecule has 3 N–H and O–H groups in total. The molecular formula is C19H26N6. The Kier molecular flexibility index (Phi) is 4.29. The van der Waals surface area contributed by atoms with Gasteiger partial charge >= 0.3 is 0 Å². The normalized spacial score (nSPS) is 25.1. The van der Waals surface area contributed by atoms with E-state index in [1.165, 1.54) is 38.2 Å². The highest BCUT2D eigenvalue weighted by molar-refractivity contribution is 5.63. The Morgan fingerprint density at radius 3 is 2.64 bits per heavy atom. The molecule has 2 bridgehead atoms. The van der Waals surface area contributed by atoms with Gasteiger partial charge in [0.2, 0.25) is 0 Å². The molecule has 5 rings (SSSR count). The molecule has 0 radical (unpaired) electrons. The largest absolute Gasteiger partial charge is 0.394 e. The first-order valence-corrected chi connectivity index (χ1v) is 9.12. The monoisotopic (exact) mass is 338 g/mol. The molecular weight excluding hydrogens is 312 g/mol. The molecule has 3 aliphatic heterocycles. The molecule has 1 atom stereocenters. The number of hydrogen-bond acceptors (Lipinski definition) is 6. The lowest BCUT2D eigenvalue weighted by atomic mass is 9.77. The fourth-order valence-corrected chi connectivity index (χ4v) is 4.10. The summed E-state index contributed by atoms with van der Waals surface area (Å²) in [7, 11) is 0. The molecule has 25 heavy (non-hydrogen) atoms. The predicted molar refractivity (Wildman–Crippen MR) is 99.4 cm³/mol. The third-order valence-electron chi connectivity index (χ3n) is 5.59. The van der Waals surface area contributed by atoms with Crippen LogP contribution < -0.4 is 11.1 Å².